The Morgan fingerprint density at radius 3 is 2.43 bits per heavy atom. The van der Waals surface area contributed by atoms with E-state index in [0.717, 1.165) is 5.75 Å². The maximum absolute atomic E-state index is 5.80. The van der Waals surface area contributed by atoms with Gasteiger partial charge in [-0.2, -0.15) is 0 Å². The fourth-order valence-electron chi connectivity index (χ4n) is 4.00. The molecule has 0 unspecified atom stereocenters. The van der Waals surface area contributed by atoms with Gasteiger partial charge in [0, 0.05) is 0 Å². The molecule has 30 heavy (non-hydrogen) atoms. The largest absolute Gasteiger partial charge is 0.489 e. The highest BCUT2D eigenvalue weighted by atomic mass is 16.5. The maximum atomic E-state index is 5.80. The zero-order valence-electron chi connectivity index (χ0n) is 18.8. The van der Waals surface area contributed by atoms with Gasteiger partial charge in [0.05, 0.1) is 0 Å². The molecule has 0 heterocycles. The van der Waals surface area contributed by atoms with E-state index in [9.17, 15) is 0 Å². The summed E-state index contributed by atoms with van der Waals surface area (Å²) in [4.78, 5) is 0. The summed E-state index contributed by atoms with van der Waals surface area (Å²) in [7, 11) is 0. The Labute approximate surface area is 182 Å². The van der Waals surface area contributed by atoms with Crippen LogP contribution in [0.5, 0.6) is 5.75 Å². The van der Waals surface area contributed by atoms with E-state index in [0.29, 0.717) is 12.0 Å². The third-order valence-corrected chi connectivity index (χ3v) is 5.83. The molecular formula is C29H34O. The molecule has 1 aliphatic rings. The van der Waals surface area contributed by atoms with Crippen molar-refractivity contribution < 1.29 is 4.74 Å². The minimum atomic E-state index is 0.293. The van der Waals surface area contributed by atoms with Gasteiger partial charge in [-0.05, 0) is 67.4 Å². The lowest BCUT2D eigenvalue weighted by Gasteiger charge is -2.32. The third kappa shape index (κ3) is 6.35. The van der Waals surface area contributed by atoms with Crippen LogP contribution in [0.25, 0.3) is 6.08 Å². The number of para-hydroxylation sites is 1. The molecule has 0 aromatic heterocycles. The average molecular weight is 399 g/mol. The van der Waals surface area contributed by atoms with E-state index in [1.54, 1.807) is 5.57 Å². The second-order valence-electron chi connectivity index (χ2n) is 8.88. The molecule has 0 fully saturated rings. The van der Waals surface area contributed by atoms with E-state index in [-0.39, 0.29) is 0 Å². The van der Waals surface area contributed by atoms with Gasteiger partial charge in [-0.3, -0.25) is 0 Å². The lowest BCUT2D eigenvalue weighted by molar-refractivity contribution is 0.306. The SMILES string of the molecule is CC(C=CC1=C(C)CCCC1(C)C)=CC=Cc1ccc(COc2ccccc2)cc1. The molecule has 0 saturated carbocycles. The van der Waals surface area contributed by atoms with Crippen molar-refractivity contribution in [2.45, 2.75) is 53.6 Å². The lowest BCUT2D eigenvalue weighted by Crippen LogP contribution is -2.19. The normalized spacial score (nSPS) is 17.1. The first kappa shape index (κ1) is 21.9. The second-order valence-corrected chi connectivity index (χ2v) is 8.88. The molecule has 0 radical (unpaired) electrons. The van der Waals surface area contributed by atoms with Gasteiger partial charge < -0.3 is 4.74 Å². The highest BCUT2D eigenvalue weighted by Gasteiger charge is 2.26. The molecule has 0 saturated heterocycles. The van der Waals surface area contributed by atoms with Gasteiger partial charge in [0.25, 0.3) is 0 Å². The molecule has 1 heteroatoms. The van der Waals surface area contributed by atoms with E-state index >= 15 is 0 Å². The number of ether oxygens (including phenoxy) is 1. The molecule has 1 nitrogen and oxygen atoms in total. The van der Waals surface area contributed by atoms with E-state index in [1.165, 1.54) is 41.5 Å². The summed E-state index contributed by atoms with van der Waals surface area (Å²) in [6.45, 7) is 9.76. The van der Waals surface area contributed by atoms with E-state index in [4.69, 9.17) is 4.74 Å². The fourth-order valence-corrected chi connectivity index (χ4v) is 4.00. The van der Waals surface area contributed by atoms with Crippen LogP contribution in [0.3, 0.4) is 0 Å². The summed E-state index contributed by atoms with van der Waals surface area (Å²) in [5.74, 6) is 0.901. The minimum Gasteiger partial charge on any atom is -0.489 e. The van der Waals surface area contributed by atoms with Crippen molar-refractivity contribution in [2.75, 3.05) is 0 Å². The molecule has 2 aromatic carbocycles. The van der Waals surface area contributed by atoms with Crippen LogP contribution in [0.2, 0.25) is 0 Å². The average Bonchev–Trinajstić information content (AvgIpc) is 2.73. The van der Waals surface area contributed by atoms with Gasteiger partial charge in [0.1, 0.15) is 12.4 Å². The third-order valence-electron chi connectivity index (χ3n) is 5.83. The van der Waals surface area contributed by atoms with Crippen molar-refractivity contribution in [3.05, 3.63) is 107 Å². The van der Waals surface area contributed by atoms with Gasteiger partial charge in [-0.25, -0.2) is 0 Å². The Balaban J connectivity index is 1.55. The number of benzene rings is 2. The molecule has 0 spiro atoms. The van der Waals surface area contributed by atoms with Crippen molar-refractivity contribution >= 4 is 6.08 Å². The standard InChI is InChI=1S/C29H34O/c1-23(15-20-28-24(2)11-9-21-29(28,3)4)10-8-12-25-16-18-26(19-17-25)22-30-27-13-6-5-7-14-27/h5-8,10,12-20H,9,11,21-22H2,1-4H3. The van der Waals surface area contributed by atoms with Gasteiger partial charge >= 0.3 is 0 Å². The van der Waals surface area contributed by atoms with E-state index in [2.05, 4.69) is 82.3 Å². The number of hydrogen-bond acceptors (Lipinski definition) is 1. The van der Waals surface area contributed by atoms with Crippen LogP contribution in [0, 0.1) is 5.41 Å². The van der Waals surface area contributed by atoms with Gasteiger partial charge in [-0.15, -0.1) is 0 Å². The Bertz CT molecular complexity index is 938. The lowest BCUT2D eigenvalue weighted by atomic mass is 9.72. The molecule has 0 bridgehead atoms. The predicted octanol–water partition coefficient (Wildman–Crippen LogP) is 8.31. The summed E-state index contributed by atoms with van der Waals surface area (Å²) in [5.41, 5.74) is 6.98. The summed E-state index contributed by atoms with van der Waals surface area (Å²) in [5, 5.41) is 0. The molecular weight excluding hydrogens is 364 g/mol. The number of allylic oxidation sites excluding steroid dienone is 7. The summed E-state index contributed by atoms with van der Waals surface area (Å²) in [6, 6.07) is 18.5. The van der Waals surface area contributed by atoms with Crippen LogP contribution >= 0.6 is 0 Å². The van der Waals surface area contributed by atoms with Crippen LogP contribution in [0.4, 0.5) is 0 Å². The molecule has 156 valence electrons. The van der Waals surface area contributed by atoms with Gasteiger partial charge in [0.2, 0.25) is 0 Å². The number of hydrogen-bond donors (Lipinski definition) is 0. The van der Waals surface area contributed by atoms with E-state index < -0.39 is 0 Å². The maximum Gasteiger partial charge on any atom is 0.119 e. The zero-order valence-corrected chi connectivity index (χ0v) is 18.8. The smallest absolute Gasteiger partial charge is 0.119 e. The van der Waals surface area contributed by atoms with Crippen LogP contribution in [-0.4, -0.2) is 0 Å². The Morgan fingerprint density at radius 1 is 1.00 bits per heavy atom. The first-order valence-electron chi connectivity index (χ1n) is 10.9. The predicted molar refractivity (Wildman–Crippen MR) is 129 cm³/mol. The summed E-state index contributed by atoms with van der Waals surface area (Å²) >= 11 is 0. The van der Waals surface area contributed by atoms with Crippen molar-refractivity contribution in [3.63, 3.8) is 0 Å². The molecule has 0 aliphatic heterocycles. The van der Waals surface area contributed by atoms with Crippen molar-refractivity contribution in [1.82, 2.24) is 0 Å². The van der Waals surface area contributed by atoms with Crippen molar-refractivity contribution in [2.24, 2.45) is 5.41 Å². The highest BCUT2D eigenvalue weighted by Crippen LogP contribution is 2.40. The molecule has 1 aliphatic carbocycles. The Morgan fingerprint density at radius 2 is 1.73 bits per heavy atom. The Hall–Kier alpha value is -2.80. The molecule has 0 atom stereocenters. The van der Waals surface area contributed by atoms with Crippen LogP contribution in [-0.2, 0) is 6.61 Å². The minimum absolute atomic E-state index is 0.293. The van der Waals surface area contributed by atoms with E-state index in [1.807, 2.05) is 30.3 Å². The first-order chi connectivity index (χ1) is 14.4. The summed E-state index contributed by atoms with van der Waals surface area (Å²) < 4.78 is 5.80. The van der Waals surface area contributed by atoms with Crippen LogP contribution in [0.1, 0.15) is 58.1 Å². The summed E-state index contributed by atoms with van der Waals surface area (Å²) in [6.07, 6.45) is 14.9. The van der Waals surface area contributed by atoms with Crippen molar-refractivity contribution in [3.8, 4) is 5.75 Å². The molecule has 3 rings (SSSR count). The zero-order chi connectivity index (χ0) is 21.4. The van der Waals surface area contributed by atoms with Crippen molar-refractivity contribution in [1.29, 1.82) is 0 Å². The van der Waals surface area contributed by atoms with Gasteiger partial charge in [0.15, 0.2) is 0 Å². The highest BCUT2D eigenvalue weighted by molar-refractivity contribution is 5.52. The molecule has 0 N–H and O–H groups in total. The Kier molecular flexibility index (Phi) is 7.52. The monoisotopic (exact) mass is 398 g/mol. The first-order valence-corrected chi connectivity index (χ1v) is 10.9. The van der Waals surface area contributed by atoms with Crippen LogP contribution < -0.4 is 4.74 Å². The second kappa shape index (κ2) is 10.3. The fraction of sp³-hybridized carbons (Fsp3) is 0.310. The molecule has 2 aromatic rings. The molecule has 0 amide bonds. The van der Waals surface area contributed by atoms with Gasteiger partial charge in [-0.1, -0.05) is 97.8 Å². The topological polar surface area (TPSA) is 9.23 Å². The number of rotatable bonds is 7. The quantitative estimate of drug-likeness (QED) is 0.426. The van der Waals surface area contributed by atoms with Crippen LogP contribution in [0.15, 0.2) is 95.6 Å².